The van der Waals surface area contributed by atoms with Crippen LogP contribution in [0, 0.1) is 0 Å². The molecule has 2 amide bonds. The third-order valence-electron chi connectivity index (χ3n) is 0.102. The minimum absolute atomic E-state index is 1.06. The topological polar surface area (TPSA) is 73.1 Å². The van der Waals surface area contributed by atoms with Gasteiger partial charge in [0.05, 0.1) is 0 Å². The summed E-state index contributed by atoms with van der Waals surface area (Å²) in [6, 6.07) is -1.19. The van der Waals surface area contributed by atoms with E-state index < -0.39 is 6.03 Å². The molecule has 0 aliphatic heterocycles. The van der Waals surface area contributed by atoms with Crippen molar-refractivity contribution < 1.29 is 10.0 Å². The second-order valence-electron chi connectivity index (χ2n) is 0.441. The summed E-state index contributed by atoms with van der Waals surface area (Å²) in [4.78, 5) is 9.12. The summed E-state index contributed by atoms with van der Waals surface area (Å²) in [5.74, 6) is 0. The van der Waals surface area contributed by atoms with Gasteiger partial charge in [-0.3, -0.25) is 5.21 Å². The number of nitrogens with one attached hydrogen (secondary N) is 2. The molecule has 0 unspecified atom stereocenters. The van der Waals surface area contributed by atoms with Gasteiger partial charge in [0.2, 0.25) is 0 Å². The van der Waals surface area contributed by atoms with Gasteiger partial charge < -0.3 is 0 Å². The van der Waals surface area contributed by atoms with Crippen LogP contribution < -0.4 is 11.2 Å². The SMILES string of the molecule is [NH]C(=O)NO. The van der Waals surface area contributed by atoms with Gasteiger partial charge in [-0.25, -0.2) is 16.0 Å². The lowest BCUT2D eigenvalue weighted by molar-refractivity contribution is 0.167. The van der Waals surface area contributed by atoms with E-state index in [1.807, 2.05) is 0 Å². The molecule has 1 radical (unpaired) electrons. The maximum atomic E-state index is 9.12. The Morgan fingerprint density at radius 3 is 2.20 bits per heavy atom. The van der Waals surface area contributed by atoms with Gasteiger partial charge in [0.15, 0.2) is 0 Å². The molecule has 0 saturated carbocycles. The van der Waals surface area contributed by atoms with Gasteiger partial charge >= 0.3 is 6.03 Å². The van der Waals surface area contributed by atoms with Gasteiger partial charge in [0.1, 0.15) is 0 Å². The van der Waals surface area contributed by atoms with Crippen LogP contribution in [0.2, 0.25) is 0 Å². The fourth-order valence-corrected chi connectivity index (χ4v) is 0. The largest absolute Gasteiger partial charge is 0.357 e. The first-order valence-corrected chi connectivity index (χ1v) is 0.928. The van der Waals surface area contributed by atoms with Gasteiger partial charge in [-0.1, -0.05) is 0 Å². The highest BCUT2D eigenvalue weighted by atomic mass is 16.5. The van der Waals surface area contributed by atoms with E-state index in [0.717, 1.165) is 5.48 Å². The van der Waals surface area contributed by atoms with Crippen LogP contribution in [0.25, 0.3) is 0 Å². The van der Waals surface area contributed by atoms with Crippen molar-refractivity contribution >= 4 is 6.03 Å². The van der Waals surface area contributed by atoms with Gasteiger partial charge in [-0.15, -0.1) is 0 Å². The summed E-state index contributed by atoms with van der Waals surface area (Å²) in [5, 5.41) is 7.36. The highest BCUT2D eigenvalue weighted by Crippen LogP contribution is 1.43. The number of carbonyl (C=O) groups excluding carboxylic acids is 1. The van der Waals surface area contributed by atoms with E-state index in [1.165, 1.54) is 0 Å². The average molecular weight is 75.0 g/mol. The molecule has 0 aromatic heterocycles. The number of carbonyl (C=O) groups is 1. The molecule has 3 N–H and O–H groups in total. The van der Waals surface area contributed by atoms with Crippen LogP contribution in [0.4, 0.5) is 4.79 Å². The zero-order valence-electron chi connectivity index (χ0n) is 2.36. The fourth-order valence-electron chi connectivity index (χ4n) is 0. The molecule has 4 nitrogen and oxygen atoms in total. The quantitative estimate of drug-likeness (QED) is 0.297. The van der Waals surface area contributed by atoms with Crippen molar-refractivity contribution in [3.05, 3.63) is 0 Å². The predicted molar refractivity (Wildman–Crippen MR) is 13.4 cm³/mol. The summed E-state index contributed by atoms with van der Waals surface area (Å²) in [7, 11) is 0. The van der Waals surface area contributed by atoms with Crippen LogP contribution in [0.15, 0.2) is 0 Å². The van der Waals surface area contributed by atoms with E-state index >= 15 is 0 Å². The highest BCUT2D eigenvalue weighted by molar-refractivity contribution is 5.69. The fraction of sp³-hybridized carbons (Fsp3) is 0. The van der Waals surface area contributed by atoms with Crippen molar-refractivity contribution in [2.75, 3.05) is 0 Å². The smallest absolute Gasteiger partial charge is 0.287 e. The summed E-state index contributed by atoms with van der Waals surface area (Å²) < 4.78 is 0. The maximum absolute atomic E-state index is 9.12. The molecule has 0 aliphatic carbocycles. The molecular weight excluding hydrogens is 72.0 g/mol. The highest BCUT2D eigenvalue weighted by Gasteiger charge is 1.77. The molecular formula is CH3N2O2. The van der Waals surface area contributed by atoms with Gasteiger partial charge in [-0.2, -0.15) is 0 Å². The van der Waals surface area contributed by atoms with Crippen molar-refractivity contribution in [3.63, 3.8) is 0 Å². The molecule has 0 heterocycles. The Hall–Kier alpha value is -0.770. The first kappa shape index (κ1) is 4.23. The molecule has 0 saturated heterocycles. The molecule has 4 heteroatoms. The molecule has 0 aromatic rings. The molecule has 29 valence electrons. The number of amides is 2. The zero-order valence-corrected chi connectivity index (χ0v) is 2.36. The number of rotatable bonds is 0. The molecule has 0 bridgehead atoms. The van der Waals surface area contributed by atoms with Crippen LogP contribution in [-0.2, 0) is 0 Å². The lowest BCUT2D eigenvalue weighted by Crippen LogP contribution is -2.16. The van der Waals surface area contributed by atoms with Gasteiger partial charge in [0.25, 0.3) is 0 Å². The van der Waals surface area contributed by atoms with Crippen LogP contribution in [0.5, 0.6) is 0 Å². The van der Waals surface area contributed by atoms with E-state index in [9.17, 15) is 0 Å². The predicted octanol–water partition coefficient (Wildman–Crippen LogP) is -0.632. The average Bonchev–Trinajstić information content (AvgIpc) is 1.38. The van der Waals surface area contributed by atoms with Crippen molar-refractivity contribution in [2.24, 2.45) is 0 Å². The van der Waals surface area contributed by atoms with Crippen LogP contribution in [0.1, 0.15) is 0 Å². The second-order valence-corrected chi connectivity index (χ2v) is 0.441. The van der Waals surface area contributed by atoms with E-state index in [4.69, 9.17) is 15.7 Å². The Kier molecular flexibility index (Phi) is 1.30. The molecule has 0 aromatic carbocycles. The summed E-state index contributed by atoms with van der Waals surface area (Å²) in [6.07, 6.45) is 0. The number of urea groups is 1. The zero-order chi connectivity index (χ0) is 4.28. The first-order valence-electron chi connectivity index (χ1n) is 0.928. The molecule has 0 rings (SSSR count). The normalized spacial score (nSPS) is 6.60. The Balaban J connectivity index is 2.85. The van der Waals surface area contributed by atoms with Crippen molar-refractivity contribution in [3.8, 4) is 0 Å². The Bertz CT molecular complexity index is 42.9. The van der Waals surface area contributed by atoms with Crippen molar-refractivity contribution in [1.29, 1.82) is 0 Å². The van der Waals surface area contributed by atoms with Gasteiger partial charge in [0, 0.05) is 0 Å². The van der Waals surface area contributed by atoms with Gasteiger partial charge in [-0.05, 0) is 0 Å². The lowest BCUT2D eigenvalue weighted by atomic mass is 11.2. The molecule has 0 atom stereocenters. The number of hydroxylamine groups is 1. The number of hydrogen-bond donors (Lipinski definition) is 2. The van der Waals surface area contributed by atoms with E-state index in [2.05, 4.69) is 0 Å². The van der Waals surface area contributed by atoms with Crippen molar-refractivity contribution in [2.45, 2.75) is 0 Å². The maximum Gasteiger partial charge on any atom is 0.357 e. The Morgan fingerprint density at radius 2 is 2.20 bits per heavy atom. The Morgan fingerprint density at radius 1 is 2.00 bits per heavy atom. The minimum atomic E-state index is -1.19. The first-order chi connectivity index (χ1) is 2.27. The monoisotopic (exact) mass is 75.0 g/mol. The summed E-state index contributed by atoms with van der Waals surface area (Å²) in [6.45, 7) is 0. The van der Waals surface area contributed by atoms with E-state index in [0.29, 0.717) is 0 Å². The molecule has 5 heavy (non-hydrogen) atoms. The van der Waals surface area contributed by atoms with Crippen molar-refractivity contribution in [1.82, 2.24) is 11.2 Å². The summed E-state index contributed by atoms with van der Waals surface area (Å²) >= 11 is 0. The van der Waals surface area contributed by atoms with E-state index in [-0.39, 0.29) is 0 Å². The lowest BCUT2D eigenvalue weighted by Gasteiger charge is -1.77. The van der Waals surface area contributed by atoms with Crippen LogP contribution >= 0.6 is 0 Å². The summed E-state index contributed by atoms with van der Waals surface area (Å²) in [5.41, 5.74) is 6.88. The van der Waals surface area contributed by atoms with E-state index in [1.54, 1.807) is 0 Å². The molecule has 0 aliphatic rings. The standard InChI is InChI=1S/CH3N2O2/c2-1(4)3-5/h2,5H,(H,3,4). The second kappa shape index (κ2) is 1.54. The third-order valence-corrected chi connectivity index (χ3v) is 0.102. The third kappa shape index (κ3) is 3.23. The molecule has 0 fully saturated rings. The minimum Gasteiger partial charge on any atom is -0.287 e. The van der Waals surface area contributed by atoms with Crippen LogP contribution in [0.3, 0.4) is 0 Å². The Labute approximate surface area is 28.5 Å². The van der Waals surface area contributed by atoms with Crippen LogP contribution in [-0.4, -0.2) is 11.2 Å². The molecule has 0 spiro atoms. The number of hydrogen-bond acceptors (Lipinski definition) is 2.